The van der Waals surface area contributed by atoms with Crippen molar-refractivity contribution in [3.05, 3.63) is 59.7 Å². The Bertz CT molecular complexity index is 951. The van der Waals surface area contributed by atoms with Crippen LogP contribution in [0.15, 0.2) is 59.2 Å². The van der Waals surface area contributed by atoms with E-state index in [1.165, 1.54) is 19.2 Å². The standard InChI is InChI=1S/C21H20N2O5/c1-14-17(21(25)23(22-14)16-7-5-4-6-8-16)11-15-9-10-18(19(12-15)26-2)28-13-20(24)27-3/h4-12H,13H2,1-3H3. The summed E-state index contributed by atoms with van der Waals surface area (Å²) in [5.74, 6) is 0.161. The van der Waals surface area contributed by atoms with Gasteiger partial charge < -0.3 is 14.2 Å². The Labute approximate surface area is 162 Å². The van der Waals surface area contributed by atoms with Gasteiger partial charge in [0.1, 0.15) is 0 Å². The molecule has 0 aliphatic carbocycles. The number of ether oxygens (including phenoxy) is 3. The maximum Gasteiger partial charge on any atom is 0.343 e. The summed E-state index contributed by atoms with van der Waals surface area (Å²) in [7, 11) is 2.79. The molecule has 7 heteroatoms. The number of carbonyl (C=O) groups excluding carboxylic acids is 2. The zero-order chi connectivity index (χ0) is 20.1. The van der Waals surface area contributed by atoms with Gasteiger partial charge in [-0.05, 0) is 42.8 Å². The number of hydrogen-bond acceptors (Lipinski definition) is 6. The second-order valence-electron chi connectivity index (χ2n) is 5.97. The predicted octanol–water partition coefficient (Wildman–Crippen LogP) is 3.05. The largest absolute Gasteiger partial charge is 0.493 e. The molecule has 1 aliphatic heterocycles. The van der Waals surface area contributed by atoms with Crippen molar-refractivity contribution in [2.45, 2.75) is 6.92 Å². The maximum atomic E-state index is 12.8. The first kappa shape index (κ1) is 19.2. The third-order valence-electron chi connectivity index (χ3n) is 4.14. The van der Waals surface area contributed by atoms with Gasteiger partial charge in [0.2, 0.25) is 0 Å². The first-order valence-corrected chi connectivity index (χ1v) is 8.58. The van der Waals surface area contributed by atoms with E-state index in [9.17, 15) is 9.59 Å². The number of hydrazone groups is 1. The fraction of sp³-hybridized carbons (Fsp3) is 0.190. The molecule has 0 atom stereocenters. The molecule has 0 saturated heterocycles. The van der Waals surface area contributed by atoms with Gasteiger partial charge in [-0.15, -0.1) is 0 Å². The van der Waals surface area contributed by atoms with E-state index < -0.39 is 5.97 Å². The van der Waals surface area contributed by atoms with Gasteiger partial charge in [-0.25, -0.2) is 4.79 Å². The summed E-state index contributed by atoms with van der Waals surface area (Å²) in [6.45, 7) is 1.57. The molecule has 1 aliphatic rings. The molecular weight excluding hydrogens is 360 g/mol. The van der Waals surface area contributed by atoms with Gasteiger partial charge in [0.05, 0.1) is 31.2 Å². The lowest BCUT2D eigenvalue weighted by Gasteiger charge is -2.12. The van der Waals surface area contributed by atoms with Crippen LogP contribution in [0.25, 0.3) is 6.08 Å². The zero-order valence-electron chi connectivity index (χ0n) is 15.8. The van der Waals surface area contributed by atoms with Crippen LogP contribution < -0.4 is 14.5 Å². The molecule has 0 N–H and O–H groups in total. The van der Waals surface area contributed by atoms with E-state index in [0.29, 0.717) is 28.5 Å². The second-order valence-corrected chi connectivity index (χ2v) is 5.97. The van der Waals surface area contributed by atoms with Crippen LogP contribution in [0.2, 0.25) is 0 Å². The highest BCUT2D eigenvalue weighted by atomic mass is 16.6. The molecule has 2 aromatic rings. The fourth-order valence-corrected chi connectivity index (χ4v) is 2.68. The number of anilines is 1. The molecule has 0 fully saturated rings. The number of benzene rings is 2. The summed E-state index contributed by atoms with van der Waals surface area (Å²) in [4.78, 5) is 24.0. The Kier molecular flexibility index (Phi) is 5.74. The van der Waals surface area contributed by atoms with Crippen molar-refractivity contribution >= 4 is 29.4 Å². The maximum absolute atomic E-state index is 12.8. The average molecular weight is 380 g/mol. The molecule has 28 heavy (non-hydrogen) atoms. The number of amides is 1. The molecule has 7 nitrogen and oxygen atoms in total. The van der Waals surface area contributed by atoms with Crippen LogP contribution in [-0.4, -0.2) is 38.4 Å². The molecule has 0 spiro atoms. The van der Waals surface area contributed by atoms with Gasteiger partial charge in [0.25, 0.3) is 5.91 Å². The van der Waals surface area contributed by atoms with Crippen LogP contribution in [0.1, 0.15) is 12.5 Å². The average Bonchev–Trinajstić information content (AvgIpc) is 3.01. The topological polar surface area (TPSA) is 77.4 Å². The van der Waals surface area contributed by atoms with E-state index in [2.05, 4.69) is 9.84 Å². The number of para-hydroxylation sites is 1. The molecule has 0 aromatic heterocycles. The number of carbonyl (C=O) groups is 2. The van der Waals surface area contributed by atoms with Gasteiger partial charge in [-0.2, -0.15) is 10.1 Å². The van der Waals surface area contributed by atoms with Crippen molar-refractivity contribution < 1.29 is 23.8 Å². The van der Waals surface area contributed by atoms with E-state index in [-0.39, 0.29) is 12.5 Å². The summed E-state index contributed by atoms with van der Waals surface area (Å²) in [5.41, 5.74) is 2.57. The molecular formula is C21H20N2O5. The SMILES string of the molecule is COC(=O)COc1ccc(C=C2C(=O)N(c3ccccc3)N=C2C)cc1OC. The second kappa shape index (κ2) is 8.39. The summed E-state index contributed by atoms with van der Waals surface area (Å²) < 4.78 is 15.3. The Balaban J connectivity index is 1.84. The fourth-order valence-electron chi connectivity index (χ4n) is 2.68. The van der Waals surface area contributed by atoms with Gasteiger partial charge in [0.15, 0.2) is 18.1 Å². The Morgan fingerprint density at radius 1 is 1.11 bits per heavy atom. The Morgan fingerprint density at radius 3 is 2.54 bits per heavy atom. The van der Waals surface area contributed by atoms with Gasteiger partial charge in [-0.3, -0.25) is 4.79 Å². The third kappa shape index (κ3) is 4.03. The smallest absolute Gasteiger partial charge is 0.343 e. The highest BCUT2D eigenvalue weighted by Crippen LogP contribution is 2.30. The van der Waals surface area contributed by atoms with Crippen molar-refractivity contribution in [1.29, 1.82) is 0 Å². The zero-order valence-corrected chi connectivity index (χ0v) is 15.8. The lowest BCUT2D eigenvalue weighted by atomic mass is 10.1. The lowest BCUT2D eigenvalue weighted by Crippen LogP contribution is -2.21. The molecule has 2 aromatic carbocycles. The number of rotatable bonds is 6. The quantitative estimate of drug-likeness (QED) is 0.569. The first-order chi connectivity index (χ1) is 13.5. The first-order valence-electron chi connectivity index (χ1n) is 8.58. The number of hydrogen-bond donors (Lipinski definition) is 0. The van der Waals surface area contributed by atoms with Gasteiger partial charge in [0, 0.05) is 0 Å². The van der Waals surface area contributed by atoms with E-state index in [1.54, 1.807) is 31.2 Å². The molecule has 0 saturated carbocycles. The van der Waals surface area contributed by atoms with Crippen molar-refractivity contribution in [3.63, 3.8) is 0 Å². The van der Waals surface area contributed by atoms with Crippen molar-refractivity contribution in [3.8, 4) is 11.5 Å². The van der Waals surface area contributed by atoms with Crippen molar-refractivity contribution in [2.75, 3.05) is 25.8 Å². The molecule has 0 unspecified atom stereocenters. The van der Waals surface area contributed by atoms with Crippen LogP contribution in [0.3, 0.4) is 0 Å². The predicted molar refractivity (Wildman–Crippen MR) is 106 cm³/mol. The van der Waals surface area contributed by atoms with E-state index in [1.807, 2.05) is 30.3 Å². The van der Waals surface area contributed by atoms with Crippen LogP contribution in [0.5, 0.6) is 11.5 Å². The highest BCUT2D eigenvalue weighted by Gasteiger charge is 2.28. The molecule has 3 rings (SSSR count). The van der Waals surface area contributed by atoms with Crippen LogP contribution >= 0.6 is 0 Å². The monoisotopic (exact) mass is 380 g/mol. The van der Waals surface area contributed by atoms with Gasteiger partial charge in [-0.1, -0.05) is 24.3 Å². The van der Waals surface area contributed by atoms with Crippen molar-refractivity contribution in [2.24, 2.45) is 5.10 Å². The highest BCUT2D eigenvalue weighted by molar-refractivity contribution is 6.32. The minimum absolute atomic E-state index is 0.200. The molecule has 1 amide bonds. The molecule has 144 valence electrons. The summed E-state index contributed by atoms with van der Waals surface area (Å²) in [6.07, 6.45) is 1.75. The summed E-state index contributed by atoms with van der Waals surface area (Å²) in [5, 5.41) is 5.74. The number of nitrogens with zero attached hydrogens (tertiary/aromatic N) is 2. The van der Waals surface area contributed by atoms with Crippen LogP contribution in [-0.2, 0) is 14.3 Å². The van der Waals surface area contributed by atoms with E-state index in [4.69, 9.17) is 9.47 Å². The summed E-state index contributed by atoms with van der Waals surface area (Å²) in [6, 6.07) is 14.4. The number of methoxy groups -OCH3 is 2. The van der Waals surface area contributed by atoms with Crippen LogP contribution in [0, 0.1) is 0 Å². The minimum Gasteiger partial charge on any atom is -0.493 e. The molecule has 1 heterocycles. The lowest BCUT2D eigenvalue weighted by molar-refractivity contribution is -0.142. The van der Waals surface area contributed by atoms with Gasteiger partial charge >= 0.3 is 5.97 Å². The third-order valence-corrected chi connectivity index (χ3v) is 4.14. The van der Waals surface area contributed by atoms with Crippen LogP contribution in [0.4, 0.5) is 5.69 Å². The summed E-state index contributed by atoms with van der Waals surface area (Å²) >= 11 is 0. The molecule has 0 bridgehead atoms. The van der Waals surface area contributed by atoms with E-state index >= 15 is 0 Å². The number of esters is 1. The van der Waals surface area contributed by atoms with Crippen molar-refractivity contribution in [1.82, 2.24) is 0 Å². The Hall–Kier alpha value is -3.61. The minimum atomic E-state index is -0.488. The molecule has 0 radical (unpaired) electrons. The normalized spacial score (nSPS) is 14.8. The van der Waals surface area contributed by atoms with E-state index in [0.717, 1.165) is 5.56 Å². The Morgan fingerprint density at radius 2 is 1.86 bits per heavy atom.